The maximum absolute atomic E-state index is 12.1. The lowest BCUT2D eigenvalue weighted by atomic mass is 9.73. The predicted octanol–water partition coefficient (Wildman–Crippen LogP) is 2.52. The lowest BCUT2D eigenvalue weighted by Crippen LogP contribution is -2.52. The van der Waals surface area contributed by atoms with Crippen molar-refractivity contribution < 1.29 is 8.42 Å². The van der Waals surface area contributed by atoms with Gasteiger partial charge in [0.05, 0.1) is 4.75 Å². The second-order valence-corrected chi connectivity index (χ2v) is 8.92. The van der Waals surface area contributed by atoms with Gasteiger partial charge in [0.1, 0.15) is 0 Å². The Morgan fingerprint density at radius 2 is 2.00 bits per heavy atom. The molecule has 1 N–H and O–H groups in total. The Labute approximate surface area is 122 Å². The van der Waals surface area contributed by atoms with Crippen molar-refractivity contribution in [3.63, 3.8) is 0 Å². The summed E-state index contributed by atoms with van der Waals surface area (Å²) in [7, 11) is -3.09. The standard InChI is InChI=1S/C16H25NO2S/c1-5-17-15(16(2,3)20(4,18)19)11-13-10-12-8-6-7-9-14(12)13/h6-9,13,15,17H,5,10-11H2,1-4H3. The number of rotatable bonds is 6. The molecule has 2 rings (SSSR count). The zero-order chi connectivity index (χ0) is 15.0. The quantitative estimate of drug-likeness (QED) is 0.877. The number of fused-ring (bicyclic) bond motifs is 1. The molecule has 0 aliphatic heterocycles. The van der Waals surface area contributed by atoms with Crippen molar-refractivity contribution in [3.8, 4) is 0 Å². The first-order chi connectivity index (χ1) is 9.27. The van der Waals surface area contributed by atoms with Crippen LogP contribution >= 0.6 is 0 Å². The van der Waals surface area contributed by atoms with Crippen LogP contribution in [-0.4, -0.2) is 32.0 Å². The molecule has 20 heavy (non-hydrogen) atoms. The Hall–Kier alpha value is -0.870. The highest BCUT2D eigenvalue weighted by molar-refractivity contribution is 7.92. The van der Waals surface area contributed by atoms with Crippen LogP contribution in [0.15, 0.2) is 24.3 Å². The van der Waals surface area contributed by atoms with E-state index in [1.807, 2.05) is 20.8 Å². The second kappa shape index (κ2) is 5.49. The van der Waals surface area contributed by atoms with Crippen molar-refractivity contribution in [1.82, 2.24) is 5.32 Å². The number of benzene rings is 1. The van der Waals surface area contributed by atoms with Gasteiger partial charge in [-0.2, -0.15) is 0 Å². The van der Waals surface area contributed by atoms with E-state index >= 15 is 0 Å². The van der Waals surface area contributed by atoms with E-state index in [9.17, 15) is 8.42 Å². The van der Waals surface area contributed by atoms with Gasteiger partial charge in [-0.25, -0.2) is 8.42 Å². The maximum Gasteiger partial charge on any atom is 0.154 e. The number of hydrogen-bond acceptors (Lipinski definition) is 3. The summed E-state index contributed by atoms with van der Waals surface area (Å²) in [4.78, 5) is 0. The summed E-state index contributed by atoms with van der Waals surface area (Å²) in [6, 6.07) is 8.45. The number of sulfone groups is 1. The summed E-state index contributed by atoms with van der Waals surface area (Å²) >= 11 is 0. The Bertz CT molecular complexity index is 578. The van der Waals surface area contributed by atoms with Gasteiger partial charge >= 0.3 is 0 Å². The topological polar surface area (TPSA) is 46.2 Å². The van der Waals surface area contributed by atoms with Gasteiger partial charge < -0.3 is 5.32 Å². The summed E-state index contributed by atoms with van der Waals surface area (Å²) in [6.07, 6.45) is 3.29. The summed E-state index contributed by atoms with van der Waals surface area (Å²) in [5, 5.41) is 3.38. The van der Waals surface area contributed by atoms with Crippen LogP contribution in [0.25, 0.3) is 0 Å². The van der Waals surface area contributed by atoms with Crippen molar-refractivity contribution in [3.05, 3.63) is 35.4 Å². The molecule has 2 unspecified atom stereocenters. The molecule has 0 radical (unpaired) electrons. The Kier molecular flexibility index (Phi) is 4.26. The zero-order valence-electron chi connectivity index (χ0n) is 12.8. The van der Waals surface area contributed by atoms with Crippen LogP contribution in [0.2, 0.25) is 0 Å². The van der Waals surface area contributed by atoms with Gasteiger partial charge in [-0.05, 0) is 50.3 Å². The molecular weight excluding hydrogens is 270 g/mol. The minimum atomic E-state index is -3.09. The van der Waals surface area contributed by atoms with Gasteiger partial charge in [0, 0.05) is 12.3 Å². The molecule has 112 valence electrons. The molecule has 2 atom stereocenters. The number of hydrogen-bond donors (Lipinski definition) is 1. The fourth-order valence-electron chi connectivity index (χ4n) is 2.98. The van der Waals surface area contributed by atoms with Gasteiger partial charge in [-0.3, -0.25) is 0 Å². The van der Waals surface area contributed by atoms with Gasteiger partial charge in [-0.1, -0.05) is 31.2 Å². The molecule has 1 aliphatic rings. The molecule has 0 saturated heterocycles. The smallest absolute Gasteiger partial charge is 0.154 e. The average Bonchev–Trinajstić information content (AvgIpc) is 2.33. The zero-order valence-corrected chi connectivity index (χ0v) is 13.6. The van der Waals surface area contributed by atoms with E-state index < -0.39 is 14.6 Å². The average molecular weight is 295 g/mol. The Balaban J connectivity index is 2.16. The van der Waals surface area contributed by atoms with E-state index in [1.165, 1.54) is 17.4 Å². The number of nitrogens with one attached hydrogen (secondary N) is 1. The van der Waals surface area contributed by atoms with E-state index in [2.05, 4.69) is 29.6 Å². The third-order valence-corrected chi connectivity index (χ3v) is 6.92. The highest BCUT2D eigenvalue weighted by atomic mass is 32.2. The van der Waals surface area contributed by atoms with Crippen LogP contribution in [-0.2, 0) is 16.3 Å². The maximum atomic E-state index is 12.1. The first kappa shape index (κ1) is 15.5. The summed E-state index contributed by atoms with van der Waals surface area (Å²) < 4.78 is 23.4. The molecule has 1 aromatic rings. The van der Waals surface area contributed by atoms with Crippen LogP contribution in [0.1, 0.15) is 44.2 Å². The third kappa shape index (κ3) is 2.77. The molecule has 0 fully saturated rings. The van der Waals surface area contributed by atoms with Gasteiger partial charge in [0.15, 0.2) is 9.84 Å². The van der Waals surface area contributed by atoms with Crippen LogP contribution in [0.3, 0.4) is 0 Å². The first-order valence-corrected chi connectivity index (χ1v) is 9.17. The van der Waals surface area contributed by atoms with Crippen LogP contribution in [0.4, 0.5) is 0 Å². The highest BCUT2D eigenvalue weighted by Crippen LogP contribution is 2.40. The van der Waals surface area contributed by atoms with Crippen LogP contribution in [0.5, 0.6) is 0 Å². The monoisotopic (exact) mass is 295 g/mol. The molecule has 0 spiro atoms. The van der Waals surface area contributed by atoms with E-state index in [4.69, 9.17) is 0 Å². The molecule has 1 aliphatic carbocycles. The lowest BCUT2D eigenvalue weighted by molar-refractivity contribution is 0.357. The fourth-order valence-corrected chi connectivity index (χ4v) is 3.67. The van der Waals surface area contributed by atoms with E-state index in [1.54, 1.807) is 0 Å². The highest BCUT2D eigenvalue weighted by Gasteiger charge is 2.41. The second-order valence-electron chi connectivity index (χ2n) is 6.32. The largest absolute Gasteiger partial charge is 0.313 e. The van der Waals surface area contributed by atoms with Gasteiger partial charge in [0.25, 0.3) is 0 Å². The van der Waals surface area contributed by atoms with E-state index in [-0.39, 0.29) is 6.04 Å². The van der Waals surface area contributed by atoms with Crippen molar-refractivity contribution in [2.45, 2.75) is 50.3 Å². The molecule has 3 nitrogen and oxygen atoms in total. The Morgan fingerprint density at radius 3 is 2.55 bits per heavy atom. The fraction of sp³-hybridized carbons (Fsp3) is 0.625. The lowest BCUT2D eigenvalue weighted by Gasteiger charge is -2.39. The molecular formula is C16H25NO2S. The first-order valence-electron chi connectivity index (χ1n) is 7.28. The Morgan fingerprint density at radius 1 is 1.35 bits per heavy atom. The van der Waals surface area contributed by atoms with Crippen LogP contribution < -0.4 is 5.32 Å². The van der Waals surface area contributed by atoms with Gasteiger partial charge in [-0.15, -0.1) is 0 Å². The molecule has 0 saturated carbocycles. The van der Waals surface area contributed by atoms with E-state index in [0.29, 0.717) is 5.92 Å². The summed E-state index contributed by atoms with van der Waals surface area (Å²) in [6.45, 7) is 6.48. The molecule has 1 aromatic carbocycles. The third-order valence-electron chi connectivity index (χ3n) is 4.73. The van der Waals surface area contributed by atoms with Crippen molar-refractivity contribution >= 4 is 9.84 Å². The summed E-state index contributed by atoms with van der Waals surface area (Å²) in [5.41, 5.74) is 2.80. The molecule has 0 bridgehead atoms. The van der Waals surface area contributed by atoms with Crippen molar-refractivity contribution in [2.75, 3.05) is 12.8 Å². The molecule has 0 aromatic heterocycles. The normalized spacial score (nSPS) is 20.1. The minimum absolute atomic E-state index is 0.0131. The SMILES string of the molecule is CCNC(CC1Cc2ccccc21)C(C)(C)S(C)(=O)=O. The van der Waals surface area contributed by atoms with Crippen molar-refractivity contribution in [2.24, 2.45) is 0 Å². The van der Waals surface area contributed by atoms with Crippen molar-refractivity contribution in [1.29, 1.82) is 0 Å². The van der Waals surface area contributed by atoms with Crippen LogP contribution in [0, 0.1) is 0 Å². The molecule has 0 amide bonds. The summed E-state index contributed by atoms with van der Waals surface area (Å²) in [5.74, 6) is 0.483. The van der Waals surface area contributed by atoms with E-state index in [0.717, 1.165) is 19.4 Å². The molecule has 0 heterocycles. The molecule has 4 heteroatoms. The van der Waals surface area contributed by atoms with Gasteiger partial charge in [0.2, 0.25) is 0 Å². The predicted molar refractivity (Wildman–Crippen MR) is 83.9 cm³/mol. The minimum Gasteiger partial charge on any atom is -0.313 e.